The number of ether oxygens (including phenoxy) is 1. The summed E-state index contributed by atoms with van der Waals surface area (Å²) in [5.41, 5.74) is 6.26. The number of amides is 3. The van der Waals surface area contributed by atoms with Crippen LogP contribution in [-0.4, -0.2) is 76.7 Å². The molecule has 2 atom stereocenters. The summed E-state index contributed by atoms with van der Waals surface area (Å²) in [6.07, 6.45) is 2.46. The molecule has 10 nitrogen and oxygen atoms in total. The Balaban J connectivity index is 0.00000267. The molecular weight excluding hydrogens is 543 g/mol. The second-order valence-corrected chi connectivity index (χ2v) is 10.2. The van der Waals surface area contributed by atoms with E-state index in [1.54, 1.807) is 32.0 Å². The van der Waals surface area contributed by atoms with Gasteiger partial charge in [-0.3, -0.25) is 19.4 Å². The third-order valence-electron chi connectivity index (χ3n) is 6.71. The molecule has 3 heterocycles. The molecule has 39 heavy (non-hydrogen) atoms. The van der Waals surface area contributed by atoms with Crippen molar-refractivity contribution in [1.29, 1.82) is 0 Å². The fourth-order valence-electron chi connectivity index (χ4n) is 4.69. The van der Waals surface area contributed by atoms with Gasteiger partial charge in [0.25, 0.3) is 5.91 Å². The number of pyridine rings is 1. The number of nitrogens with one attached hydrogen (secondary N) is 1. The Morgan fingerprint density at radius 3 is 2.49 bits per heavy atom. The van der Waals surface area contributed by atoms with Crippen LogP contribution in [0.1, 0.15) is 31.5 Å². The largest absolute Gasteiger partial charge is 0.374 e. The first-order valence-corrected chi connectivity index (χ1v) is 12.4. The van der Waals surface area contributed by atoms with E-state index in [0.717, 1.165) is 17.0 Å². The highest BCUT2D eigenvalue weighted by molar-refractivity contribution is 6.13. The number of piperidine rings is 1. The average Bonchev–Trinajstić information content (AvgIpc) is 3.12. The summed E-state index contributed by atoms with van der Waals surface area (Å²) >= 11 is 0. The van der Waals surface area contributed by atoms with Crippen LogP contribution in [0.5, 0.6) is 0 Å². The maximum atomic E-state index is 13.8. The zero-order valence-electron chi connectivity index (χ0n) is 22.3. The van der Waals surface area contributed by atoms with E-state index in [0.29, 0.717) is 19.4 Å². The van der Waals surface area contributed by atoms with E-state index < -0.39 is 22.9 Å². The van der Waals surface area contributed by atoms with Crippen molar-refractivity contribution in [2.45, 2.75) is 44.9 Å². The van der Waals surface area contributed by atoms with Gasteiger partial charge in [-0.1, -0.05) is 36.4 Å². The number of benzene rings is 1. The molecule has 2 aromatic rings. The quantitative estimate of drug-likeness (QED) is 0.467. The van der Waals surface area contributed by atoms with Gasteiger partial charge in [0, 0.05) is 44.9 Å². The van der Waals surface area contributed by atoms with E-state index >= 15 is 0 Å². The molecule has 1 aromatic carbocycles. The maximum absolute atomic E-state index is 13.8. The van der Waals surface area contributed by atoms with Gasteiger partial charge in [0.05, 0.1) is 24.5 Å². The number of halogens is 2. The first-order chi connectivity index (χ1) is 17.6. The molecule has 0 aliphatic carbocycles. The monoisotopic (exact) mass is 578 g/mol. The Kier molecular flexibility index (Phi) is 11.0. The summed E-state index contributed by atoms with van der Waals surface area (Å²) in [4.78, 5) is 45.9. The number of hydrogen-bond acceptors (Lipinski definition) is 7. The Morgan fingerprint density at radius 2 is 1.85 bits per heavy atom. The van der Waals surface area contributed by atoms with Crippen LogP contribution in [0.4, 0.5) is 0 Å². The van der Waals surface area contributed by atoms with Crippen LogP contribution in [0.2, 0.25) is 0 Å². The summed E-state index contributed by atoms with van der Waals surface area (Å²) in [5, 5.41) is 8.60. The van der Waals surface area contributed by atoms with Crippen molar-refractivity contribution < 1.29 is 19.1 Å². The molecule has 0 spiro atoms. The standard InChI is InChI=1S/C27H34N6O4.2ClH/c1-26(2,28)24(35)30-21(17-37-16-19-9-5-4-6-10-19)23(34)33-14-12-22-27(18-33,25(36)32(3)31-22)15-20-11-7-8-13-29-20;;/h4-11,13,21H,12,14-18,28H2,1-3H3,(H,30,35);2*1H. The molecule has 1 fully saturated rings. The van der Waals surface area contributed by atoms with Gasteiger partial charge in [0.2, 0.25) is 11.8 Å². The second kappa shape index (κ2) is 13.3. The molecule has 4 rings (SSSR count). The highest BCUT2D eigenvalue weighted by Crippen LogP contribution is 2.38. The molecule has 0 radical (unpaired) electrons. The number of carbonyl (C=O) groups excluding carboxylic acids is 3. The Labute approximate surface area is 241 Å². The predicted octanol–water partition coefficient (Wildman–Crippen LogP) is 1.95. The van der Waals surface area contributed by atoms with Crippen LogP contribution in [0.25, 0.3) is 0 Å². The fraction of sp³-hybridized carbons (Fsp3) is 0.444. The Bertz CT molecular complexity index is 1180. The second-order valence-electron chi connectivity index (χ2n) is 10.2. The number of hydrogen-bond donors (Lipinski definition) is 2. The van der Waals surface area contributed by atoms with E-state index in [9.17, 15) is 14.4 Å². The minimum absolute atomic E-state index is 0. The van der Waals surface area contributed by atoms with Gasteiger partial charge in [-0.2, -0.15) is 5.10 Å². The normalized spacial score (nSPS) is 19.3. The molecular formula is C27H36Cl2N6O4. The number of fused-ring (bicyclic) bond motifs is 1. The van der Waals surface area contributed by atoms with Crippen molar-refractivity contribution >= 4 is 48.2 Å². The van der Waals surface area contributed by atoms with Crippen molar-refractivity contribution in [3.63, 3.8) is 0 Å². The number of likely N-dealkylation sites (tertiary alicyclic amines) is 1. The third-order valence-corrected chi connectivity index (χ3v) is 6.71. The number of nitrogens with zero attached hydrogens (tertiary/aromatic N) is 4. The van der Waals surface area contributed by atoms with Gasteiger partial charge < -0.3 is 20.7 Å². The van der Waals surface area contributed by atoms with E-state index in [1.807, 2.05) is 48.5 Å². The summed E-state index contributed by atoms with van der Waals surface area (Å²) in [5.74, 6) is -0.963. The first kappa shape index (κ1) is 32.2. The summed E-state index contributed by atoms with van der Waals surface area (Å²) in [6.45, 7) is 3.92. The molecule has 2 aliphatic rings. The van der Waals surface area contributed by atoms with Gasteiger partial charge in [-0.25, -0.2) is 5.01 Å². The molecule has 2 aliphatic heterocycles. The van der Waals surface area contributed by atoms with Gasteiger partial charge in [0.1, 0.15) is 11.5 Å². The maximum Gasteiger partial charge on any atom is 0.256 e. The van der Waals surface area contributed by atoms with Crippen LogP contribution in [0, 0.1) is 5.41 Å². The average molecular weight is 580 g/mol. The van der Waals surface area contributed by atoms with Crippen molar-refractivity contribution in [3.05, 3.63) is 66.0 Å². The van der Waals surface area contributed by atoms with Crippen LogP contribution in [0.15, 0.2) is 59.8 Å². The van der Waals surface area contributed by atoms with Crippen molar-refractivity contribution in [1.82, 2.24) is 20.2 Å². The lowest BCUT2D eigenvalue weighted by Crippen LogP contribution is -2.61. The topological polar surface area (TPSA) is 130 Å². The van der Waals surface area contributed by atoms with Crippen LogP contribution < -0.4 is 11.1 Å². The first-order valence-electron chi connectivity index (χ1n) is 12.4. The lowest BCUT2D eigenvalue weighted by Gasteiger charge is -2.40. The number of rotatable bonds is 9. The van der Waals surface area contributed by atoms with E-state index in [1.165, 1.54) is 5.01 Å². The van der Waals surface area contributed by atoms with Crippen LogP contribution in [-0.2, 0) is 32.1 Å². The molecule has 0 bridgehead atoms. The number of hydrazone groups is 1. The lowest BCUT2D eigenvalue weighted by molar-refractivity contribution is -0.143. The molecule has 212 valence electrons. The summed E-state index contributed by atoms with van der Waals surface area (Å²) in [6, 6.07) is 14.2. The fourth-order valence-corrected chi connectivity index (χ4v) is 4.69. The lowest BCUT2D eigenvalue weighted by atomic mass is 9.74. The smallest absolute Gasteiger partial charge is 0.256 e. The highest BCUT2D eigenvalue weighted by Gasteiger charge is 2.54. The van der Waals surface area contributed by atoms with Crippen LogP contribution in [0.3, 0.4) is 0 Å². The van der Waals surface area contributed by atoms with E-state index in [2.05, 4.69) is 15.4 Å². The summed E-state index contributed by atoms with van der Waals surface area (Å²) < 4.78 is 5.84. The van der Waals surface area contributed by atoms with Gasteiger partial charge in [-0.15, -0.1) is 24.8 Å². The minimum Gasteiger partial charge on any atom is -0.374 e. The SMILES string of the molecule is CN1N=C2CCN(C(=O)C(COCc3ccccc3)NC(=O)C(C)(C)N)CC2(Cc2ccccn2)C1=O.Cl.Cl. The molecule has 1 aromatic heterocycles. The number of carbonyl (C=O) groups is 3. The van der Waals surface area contributed by atoms with Gasteiger partial charge in [-0.05, 0) is 31.5 Å². The van der Waals surface area contributed by atoms with E-state index in [4.69, 9.17) is 10.5 Å². The Hall–Kier alpha value is -3.05. The van der Waals surface area contributed by atoms with E-state index in [-0.39, 0.29) is 56.4 Å². The molecule has 1 saturated heterocycles. The zero-order chi connectivity index (χ0) is 26.6. The number of aromatic nitrogens is 1. The molecule has 3 amide bonds. The zero-order valence-corrected chi connectivity index (χ0v) is 24.0. The van der Waals surface area contributed by atoms with Crippen molar-refractivity contribution in [2.75, 3.05) is 26.7 Å². The molecule has 3 N–H and O–H groups in total. The van der Waals surface area contributed by atoms with Crippen molar-refractivity contribution in [3.8, 4) is 0 Å². The minimum atomic E-state index is -1.18. The molecule has 0 saturated carbocycles. The van der Waals surface area contributed by atoms with Gasteiger partial charge >= 0.3 is 0 Å². The molecule has 12 heteroatoms. The van der Waals surface area contributed by atoms with Crippen molar-refractivity contribution in [2.24, 2.45) is 16.3 Å². The molecule has 2 unspecified atom stereocenters. The highest BCUT2D eigenvalue weighted by atomic mass is 35.5. The third kappa shape index (κ3) is 7.33. The summed E-state index contributed by atoms with van der Waals surface area (Å²) in [7, 11) is 1.63. The number of nitrogens with two attached hydrogens (primary N) is 1. The predicted molar refractivity (Wildman–Crippen MR) is 153 cm³/mol. The Morgan fingerprint density at radius 1 is 1.15 bits per heavy atom. The van der Waals surface area contributed by atoms with Crippen LogP contribution >= 0.6 is 24.8 Å². The van der Waals surface area contributed by atoms with Gasteiger partial charge in [0.15, 0.2) is 0 Å².